The number of pyridine rings is 1. The number of hydrogen-bond donors (Lipinski definition) is 2. The summed E-state index contributed by atoms with van der Waals surface area (Å²) < 4.78 is 12.7. The van der Waals surface area contributed by atoms with Crippen molar-refractivity contribution in [2.75, 3.05) is 22.6 Å². The van der Waals surface area contributed by atoms with E-state index in [1.807, 2.05) is 0 Å². The summed E-state index contributed by atoms with van der Waals surface area (Å²) in [6.07, 6.45) is 10.3. The number of nitrogens with one attached hydrogen (secondary N) is 1. The molecule has 2 saturated carbocycles. The second-order valence-electron chi connectivity index (χ2n) is 9.41. The van der Waals surface area contributed by atoms with Crippen LogP contribution in [0.2, 0.25) is 5.02 Å². The predicted octanol–water partition coefficient (Wildman–Crippen LogP) is 3.04. The number of aryl methyl sites for hydroxylation is 1. The fraction of sp³-hybridized carbons (Fsp3) is 0.591. The standard InChI is InChI=1S/C22H26ClN5O2S/c23-15-10-24-20(25-11-15)14-6-16-9-17(7-14)28(16)18-8-13-2-5-31(30)19(13)21(26-18)27-22(12-29)3-1-4-22/h8,10-11,14,16-17,29H,1-7,9,12H2,(H,26,27)/t14?,16?,17?,31-/m1/s1. The molecule has 164 valence electrons. The van der Waals surface area contributed by atoms with Gasteiger partial charge in [-0.1, -0.05) is 11.6 Å². The van der Waals surface area contributed by atoms with Gasteiger partial charge < -0.3 is 15.3 Å². The monoisotopic (exact) mass is 459 g/mol. The number of aromatic nitrogens is 3. The van der Waals surface area contributed by atoms with Crippen molar-refractivity contribution >= 4 is 34.0 Å². The van der Waals surface area contributed by atoms with Gasteiger partial charge in [-0.3, -0.25) is 4.21 Å². The molecular weight excluding hydrogens is 434 g/mol. The summed E-state index contributed by atoms with van der Waals surface area (Å²) in [6.45, 7) is 0.0814. The lowest BCUT2D eigenvalue weighted by molar-refractivity contribution is 0.143. The van der Waals surface area contributed by atoms with Crippen molar-refractivity contribution in [3.63, 3.8) is 0 Å². The fourth-order valence-corrected chi connectivity index (χ4v) is 7.17. The highest BCUT2D eigenvalue weighted by Gasteiger charge is 2.47. The van der Waals surface area contributed by atoms with Crippen LogP contribution in [0, 0.1) is 0 Å². The summed E-state index contributed by atoms with van der Waals surface area (Å²) >= 11 is 5.95. The molecule has 2 aromatic heterocycles. The third kappa shape index (κ3) is 3.26. The zero-order chi connectivity index (χ0) is 21.2. The summed E-state index contributed by atoms with van der Waals surface area (Å²) in [5.74, 6) is 3.59. The third-order valence-electron chi connectivity index (χ3n) is 7.53. The van der Waals surface area contributed by atoms with Gasteiger partial charge in [-0.25, -0.2) is 15.0 Å². The van der Waals surface area contributed by atoms with Crippen molar-refractivity contribution in [2.45, 2.75) is 73.4 Å². The number of aliphatic hydroxyl groups is 1. The van der Waals surface area contributed by atoms with E-state index in [1.54, 1.807) is 12.4 Å². The van der Waals surface area contributed by atoms with Gasteiger partial charge in [0.25, 0.3) is 0 Å². The van der Waals surface area contributed by atoms with E-state index in [2.05, 4.69) is 26.3 Å². The van der Waals surface area contributed by atoms with E-state index in [4.69, 9.17) is 16.6 Å². The molecule has 2 N–H and O–H groups in total. The number of rotatable bonds is 5. The Balaban J connectivity index is 1.28. The van der Waals surface area contributed by atoms with Gasteiger partial charge in [0.15, 0.2) is 0 Å². The molecule has 0 amide bonds. The van der Waals surface area contributed by atoms with E-state index in [0.717, 1.165) is 72.9 Å². The molecule has 7 rings (SSSR count). The normalized spacial score (nSPS) is 30.3. The number of piperidine rings is 1. The summed E-state index contributed by atoms with van der Waals surface area (Å²) in [4.78, 5) is 17.2. The first-order valence-corrected chi connectivity index (χ1v) is 12.8. The average Bonchev–Trinajstić information content (AvgIpc) is 3.12. The Bertz CT molecular complexity index is 1030. The lowest BCUT2D eigenvalue weighted by Crippen LogP contribution is -2.61. The Labute approximate surface area is 189 Å². The topological polar surface area (TPSA) is 91.2 Å². The molecule has 3 aliphatic heterocycles. The predicted molar refractivity (Wildman–Crippen MR) is 120 cm³/mol. The van der Waals surface area contributed by atoms with Crippen molar-refractivity contribution in [1.82, 2.24) is 15.0 Å². The Morgan fingerprint density at radius 3 is 2.61 bits per heavy atom. The molecule has 0 spiro atoms. The lowest BCUT2D eigenvalue weighted by Gasteiger charge is -2.56. The van der Waals surface area contributed by atoms with E-state index in [0.29, 0.717) is 28.8 Å². The molecule has 31 heavy (non-hydrogen) atoms. The number of hydrogen-bond acceptors (Lipinski definition) is 7. The highest BCUT2D eigenvalue weighted by molar-refractivity contribution is 7.85. The number of nitrogens with zero attached hydrogens (tertiary/aromatic N) is 4. The van der Waals surface area contributed by atoms with Gasteiger partial charge in [-0.15, -0.1) is 0 Å². The smallest absolute Gasteiger partial charge is 0.145 e. The van der Waals surface area contributed by atoms with Gasteiger partial charge in [0.05, 0.1) is 32.9 Å². The minimum atomic E-state index is -1.02. The number of fused-ring (bicyclic) bond motifs is 3. The quantitative estimate of drug-likeness (QED) is 0.710. The van der Waals surface area contributed by atoms with E-state index in [9.17, 15) is 9.32 Å². The molecule has 2 aromatic rings. The van der Waals surface area contributed by atoms with Crippen molar-refractivity contribution in [1.29, 1.82) is 0 Å². The molecule has 7 nitrogen and oxygen atoms in total. The van der Waals surface area contributed by atoms with E-state index < -0.39 is 10.8 Å². The van der Waals surface area contributed by atoms with Crippen molar-refractivity contribution in [3.05, 3.63) is 34.9 Å². The van der Waals surface area contributed by atoms with Crippen LogP contribution >= 0.6 is 11.6 Å². The second kappa shape index (κ2) is 7.39. The summed E-state index contributed by atoms with van der Waals surface area (Å²) in [6, 6.07) is 2.99. The number of halogens is 1. The zero-order valence-corrected chi connectivity index (χ0v) is 18.8. The summed E-state index contributed by atoms with van der Waals surface area (Å²) in [5, 5.41) is 14.0. The summed E-state index contributed by atoms with van der Waals surface area (Å²) in [5.41, 5.74) is 0.828. The Morgan fingerprint density at radius 1 is 1.23 bits per heavy atom. The molecule has 0 aromatic carbocycles. The van der Waals surface area contributed by atoms with Crippen LogP contribution in [-0.2, 0) is 17.2 Å². The van der Waals surface area contributed by atoms with Gasteiger partial charge >= 0.3 is 0 Å². The first kappa shape index (κ1) is 19.9. The first-order chi connectivity index (χ1) is 15.0. The SMILES string of the molecule is O=[S@@]1CCc2cc(N3C4CC(c5ncc(Cl)cn5)CC3C4)nc(NC3(CO)CCC3)c21. The highest BCUT2D eigenvalue weighted by Crippen LogP contribution is 2.48. The van der Waals surface area contributed by atoms with E-state index >= 15 is 0 Å². The molecular formula is C22H26ClN5O2S. The van der Waals surface area contributed by atoms with E-state index in [-0.39, 0.29) is 12.1 Å². The Hall–Kier alpha value is -1.77. The Kier molecular flexibility index (Phi) is 4.74. The van der Waals surface area contributed by atoms with Crippen molar-refractivity contribution in [2.24, 2.45) is 0 Å². The van der Waals surface area contributed by atoms with Crippen LogP contribution in [0.1, 0.15) is 55.8 Å². The van der Waals surface area contributed by atoms with Gasteiger partial charge in [0.1, 0.15) is 17.5 Å². The third-order valence-corrected chi connectivity index (χ3v) is 9.21. The average molecular weight is 460 g/mol. The molecule has 5 heterocycles. The molecule has 0 radical (unpaired) electrons. The Morgan fingerprint density at radius 2 is 1.97 bits per heavy atom. The van der Waals surface area contributed by atoms with Gasteiger partial charge in [-0.05, 0) is 56.6 Å². The molecule has 3 atom stereocenters. The van der Waals surface area contributed by atoms with Crippen LogP contribution in [0.25, 0.3) is 0 Å². The first-order valence-electron chi connectivity index (χ1n) is 11.1. The van der Waals surface area contributed by atoms with E-state index in [1.165, 1.54) is 0 Å². The maximum atomic E-state index is 12.7. The molecule has 5 aliphatic rings. The minimum Gasteiger partial charge on any atom is -0.394 e. The number of anilines is 2. The molecule has 9 heteroatoms. The lowest BCUT2D eigenvalue weighted by atomic mass is 9.73. The maximum Gasteiger partial charge on any atom is 0.145 e. The molecule has 2 saturated heterocycles. The van der Waals surface area contributed by atoms with Crippen LogP contribution in [0.5, 0.6) is 0 Å². The molecule has 2 aliphatic carbocycles. The molecule has 2 bridgehead atoms. The summed E-state index contributed by atoms with van der Waals surface area (Å²) in [7, 11) is -1.02. The van der Waals surface area contributed by atoms with Crippen LogP contribution in [-0.4, -0.2) is 54.2 Å². The fourth-order valence-electron chi connectivity index (χ4n) is 5.70. The molecule has 4 fully saturated rings. The van der Waals surface area contributed by atoms with Gasteiger partial charge in [0.2, 0.25) is 0 Å². The minimum absolute atomic E-state index is 0.0814. The van der Waals surface area contributed by atoms with Crippen LogP contribution in [0.3, 0.4) is 0 Å². The van der Waals surface area contributed by atoms with Crippen LogP contribution < -0.4 is 10.2 Å². The zero-order valence-electron chi connectivity index (χ0n) is 17.3. The van der Waals surface area contributed by atoms with Crippen LogP contribution in [0.15, 0.2) is 23.4 Å². The highest BCUT2D eigenvalue weighted by atomic mass is 35.5. The largest absolute Gasteiger partial charge is 0.394 e. The molecule has 2 unspecified atom stereocenters. The van der Waals surface area contributed by atoms with Crippen molar-refractivity contribution < 1.29 is 9.32 Å². The number of aliphatic hydroxyl groups excluding tert-OH is 1. The van der Waals surface area contributed by atoms with Gasteiger partial charge in [-0.2, -0.15) is 0 Å². The maximum absolute atomic E-state index is 12.7. The van der Waals surface area contributed by atoms with Crippen molar-refractivity contribution in [3.8, 4) is 0 Å². The second-order valence-corrected chi connectivity index (χ2v) is 11.4. The van der Waals surface area contributed by atoms with Gasteiger partial charge in [0, 0.05) is 36.1 Å². The van der Waals surface area contributed by atoms with Crippen LogP contribution in [0.4, 0.5) is 11.6 Å².